The number of carbonyl (C=O) groups excluding carboxylic acids is 2. The first kappa shape index (κ1) is 15.8. The number of thioether (sulfide) groups is 1. The van der Waals surface area contributed by atoms with E-state index in [1.165, 1.54) is 24.2 Å². The molecule has 22 heavy (non-hydrogen) atoms. The molecule has 1 fully saturated rings. The van der Waals surface area contributed by atoms with E-state index in [2.05, 4.69) is 11.8 Å². The van der Waals surface area contributed by atoms with Crippen LogP contribution in [0.4, 0.5) is 0 Å². The lowest BCUT2D eigenvalue weighted by atomic mass is 9.84. The molecule has 1 unspecified atom stereocenters. The van der Waals surface area contributed by atoms with Crippen molar-refractivity contribution in [1.29, 1.82) is 0 Å². The number of likely N-dealkylation sites (tertiary alicyclic amines) is 1. The Morgan fingerprint density at radius 2 is 2.09 bits per heavy atom. The third-order valence-electron chi connectivity index (χ3n) is 4.48. The molecular formula is C17H21NO2S2. The smallest absolute Gasteiger partial charge is 0.197 e. The molecule has 1 aliphatic carbocycles. The van der Waals surface area contributed by atoms with Crippen molar-refractivity contribution in [2.75, 3.05) is 19.3 Å². The van der Waals surface area contributed by atoms with Gasteiger partial charge in [0.15, 0.2) is 11.6 Å². The largest absolute Gasteiger partial charge is 0.377 e. The Morgan fingerprint density at radius 3 is 2.77 bits per heavy atom. The van der Waals surface area contributed by atoms with Crippen molar-refractivity contribution in [3.05, 3.63) is 28.3 Å². The van der Waals surface area contributed by atoms with E-state index in [0.717, 1.165) is 39.7 Å². The summed E-state index contributed by atoms with van der Waals surface area (Å²) in [5, 5.41) is 0. The number of hydrogen-bond acceptors (Lipinski definition) is 5. The van der Waals surface area contributed by atoms with Gasteiger partial charge in [-0.1, -0.05) is 6.92 Å². The summed E-state index contributed by atoms with van der Waals surface area (Å²) in [5.41, 5.74) is 1.83. The second kappa shape index (κ2) is 6.59. The average Bonchev–Trinajstić information content (AvgIpc) is 3.16. The SMILES string of the molecule is CSc1sc(C(=O)/C=C/N2CCCC2)c2c1C(=O)CCC2C. The highest BCUT2D eigenvalue weighted by atomic mass is 32.2. The normalized spacial score (nSPS) is 21.6. The average molecular weight is 335 g/mol. The molecule has 3 nitrogen and oxygen atoms in total. The lowest BCUT2D eigenvalue weighted by molar-refractivity contribution is 0.0966. The van der Waals surface area contributed by atoms with Gasteiger partial charge in [0, 0.05) is 37.3 Å². The molecule has 1 aromatic heterocycles. The van der Waals surface area contributed by atoms with Crippen molar-refractivity contribution in [1.82, 2.24) is 4.90 Å². The zero-order valence-electron chi connectivity index (χ0n) is 13.1. The van der Waals surface area contributed by atoms with Gasteiger partial charge in [-0.3, -0.25) is 9.59 Å². The minimum atomic E-state index is 0.0509. The molecule has 5 heteroatoms. The number of allylic oxidation sites excluding steroid dienone is 1. The summed E-state index contributed by atoms with van der Waals surface area (Å²) in [5.74, 6) is 0.551. The molecule has 0 aromatic carbocycles. The van der Waals surface area contributed by atoms with Gasteiger partial charge in [0.05, 0.1) is 9.09 Å². The number of thiophene rings is 1. The minimum absolute atomic E-state index is 0.0509. The third-order valence-corrected chi connectivity index (χ3v) is 6.82. The standard InChI is InChI=1S/C17H21NO2S2/c1-11-5-6-12(19)15-14(11)16(22-17(15)21-2)13(20)7-10-18-8-3-4-9-18/h7,10-11H,3-6,8-9H2,1-2H3/b10-7+. The van der Waals surface area contributed by atoms with Crippen LogP contribution < -0.4 is 0 Å². The summed E-state index contributed by atoms with van der Waals surface area (Å²) in [6.07, 6.45) is 9.46. The Labute approximate surface area is 139 Å². The summed E-state index contributed by atoms with van der Waals surface area (Å²) < 4.78 is 1.00. The fourth-order valence-electron chi connectivity index (χ4n) is 3.24. The van der Waals surface area contributed by atoms with Crippen LogP contribution in [0.1, 0.15) is 64.1 Å². The fourth-order valence-corrected chi connectivity index (χ4v) is 5.34. The number of rotatable bonds is 4. The third kappa shape index (κ3) is 2.88. The van der Waals surface area contributed by atoms with Gasteiger partial charge in [-0.05, 0) is 37.0 Å². The molecule has 0 spiro atoms. The maximum absolute atomic E-state index is 12.6. The van der Waals surface area contributed by atoms with Gasteiger partial charge in [0.25, 0.3) is 0 Å². The van der Waals surface area contributed by atoms with Crippen LogP contribution >= 0.6 is 23.1 Å². The van der Waals surface area contributed by atoms with Gasteiger partial charge in [0.2, 0.25) is 0 Å². The highest BCUT2D eigenvalue weighted by molar-refractivity contribution is 8.00. The predicted octanol–water partition coefficient (Wildman–Crippen LogP) is 4.34. The van der Waals surface area contributed by atoms with Gasteiger partial charge in [-0.2, -0.15) is 0 Å². The summed E-state index contributed by atoms with van der Waals surface area (Å²) >= 11 is 3.08. The Kier molecular flexibility index (Phi) is 4.73. The van der Waals surface area contributed by atoms with Crippen LogP contribution in [0.5, 0.6) is 0 Å². The topological polar surface area (TPSA) is 37.4 Å². The Balaban J connectivity index is 1.93. The van der Waals surface area contributed by atoms with Crippen molar-refractivity contribution in [3.8, 4) is 0 Å². The van der Waals surface area contributed by atoms with Crippen molar-refractivity contribution in [3.63, 3.8) is 0 Å². The molecule has 0 radical (unpaired) electrons. The first-order chi connectivity index (χ1) is 10.6. The molecule has 1 atom stereocenters. The van der Waals surface area contributed by atoms with E-state index in [1.54, 1.807) is 17.8 Å². The van der Waals surface area contributed by atoms with Crippen LogP contribution in [0.2, 0.25) is 0 Å². The van der Waals surface area contributed by atoms with Gasteiger partial charge in [-0.25, -0.2) is 0 Å². The Morgan fingerprint density at radius 1 is 1.36 bits per heavy atom. The summed E-state index contributed by atoms with van der Waals surface area (Å²) in [7, 11) is 0. The lowest BCUT2D eigenvalue weighted by Crippen LogP contribution is -2.15. The molecular weight excluding hydrogens is 314 g/mol. The number of carbonyl (C=O) groups is 2. The van der Waals surface area contributed by atoms with Crippen LogP contribution in [-0.4, -0.2) is 35.8 Å². The van der Waals surface area contributed by atoms with Crippen LogP contribution in [0.15, 0.2) is 16.5 Å². The first-order valence-corrected chi connectivity index (χ1v) is 9.86. The van der Waals surface area contributed by atoms with Gasteiger partial charge in [0.1, 0.15) is 0 Å². The number of fused-ring (bicyclic) bond motifs is 1. The minimum Gasteiger partial charge on any atom is -0.377 e. The molecule has 118 valence electrons. The van der Waals surface area contributed by atoms with E-state index < -0.39 is 0 Å². The van der Waals surface area contributed by atoms with Crippen molar-refractivity contribution in [2.24, 2.45) is 0 Å². The predicted molar refractivity (Wildman–Crippen MR) is 92.4 cm³/mol. The fraction of sp³-hybridized carbons (Fsp3) is 0.529. The van der Waals surface area contributed by atoms with E-state index in [-0.39, 0.29) is 11.6 Å². The van der Waals surface area contributed by atoms with Gasteiger partial charge >= 0.3 is 0 Å². The molecule has 1 aliphatic heterocycles. The van der Waals surface area contributed by atoms with Crippen molar-refractivity contribution in [2.45, 2.75) is 42.7 Å². The maximum atomic E-state index is 12.6. The highest BCUT2D eigenvalue weighted by Gasteiger charge is 2.32. The maximum Gasteiger partial charge on any atom is 0.197 e. The second-order valence-electron chi connectivity index (χ2n) is 6.00. The zero-order valence-corrected chi connectivity index (χ0v) is 14.7. The van der Waals surface area contributed by atoms with Crippen LogP contribution in [0, 0.1) is 0 Å². The molecule has 0 saturated carbocycles. The first-order valence-electron chi connectivity index (χ1n) is 7.82. The number of Topliss-reactive ketones (excluding diaryl/α,β-unsaturated/α-hetero) is 1. The van der Waals surface area contributed by atoms with E-state index in [1.807, 2.05) is 12.5 Å². The lowest BCUT2D eigenvalue weighted by Gasteiger charge is -2.19. The zero-order chi connectivity index (χ0) is 15.7. The number of ketones is 2. The van der Waals surface area contributed by atoms with E-state index in [9.17, 15) is 9.59 Å². The highest BCUT2D eigenvalue weighted by Crippen LogP contribution is 2.44. The molecule has 3 rings (SSSR count). The van der Waals surface area contributed by atoms with Gasteiger partial charge < -0.3 is 4.90 Å². The van der Waals surface area contributed by atoms with E-state index in [0.29, 0.717) is 12.3 Å². The Bertz CT molecular complexity index is 627. The molecule has 1 saturated heterocycles. The summed E-state index contributed by atoms with van der Waals surface area (Å²) in [4.78, 5) is 27.9. The quantitative estimate of drug-likeness (QED) is 0.466. The molecule has 2 aliphatic rings. The molecule has 1 aromatic rings. The molecule has 0 N–H and O–H groups in total. The van der Waals surface area contributed by atoms with E-state index >= 15 is 0 Å². The van der Waals surface area contributed by atoms with Crippen LogP contribution in [0.25, 0.3) is 0 Å². The molecule has 2 heterocycles. The van der Waals surface area contributed by atoms with Crippen LogP contribution in [-0.2, 0) is 0 Å². The number of hydrogen-bond donors (Lipinski definition) is 0. The second-order valence-corrected chi connectivity index (χ2v) is 8.09. The van der Waals surface area contributed by atoms with Gasteiger partial charge in [-0.15, -0.1) is 23.1 Å². The summed E-state index contributed by atoms with van der Waals surface area (Å²) in [6, 6.07) is 0. The summed E-state index contributed by atoms with van der Waals surface area (Å²) in [6.45, 7) is 4.21. The monoisotopic (exact) mass is 335 g/mol. The van der Waals surface area contributed by atoms with Crippen molar-refractivity contribution < 1.29 is 9.59 Å². The molecule has 0 amide bonds. The number of nitrogens with zero attached hydrogens (tertiary/aromatic N) is 1. The van der Waals surface area contributed by atoms with E-state index in [4.69, 9.17) is 0 Å². The van der Waals surface area contributed by atoms with Crippen LogP contribution in [0.3, 0.4) is 0 Å². The Hall–Kier alpha value is -1.07. The van der Waals surface area contributed by atoms with Crippen molar-refractivity contribution >= 4 is 34.7 Å². The molecule has 0 bridgehead atoms.